The Kier molecular flexibility index (Phi) is 29.7. The van der Waals surface area contributed by atoms with Gasteiger partial charge in [0.05, 0.1) is 6.61 Å². The van der Waals surface area contributed by atoms with Crippen molar-refractivity contribution < 1.29 is 24.2 Å². The molecule has 1 N–H and O–H groups in total. The van der Waals surface area contributed by atoms with Gasteiger partial charge < -0.3 is 19.5 Å². The van der Waals surface area contributed by atoms with Crippen LogP contribution in [0.5, 0.6) is 0 Å². The molecule has 0 saturated heterocycles. The second-order valence-corrected chi connectivity index (χ2v) is 24.4. The highest BCUT2D eigenvalue weighted by Gasteiger charge is 2.59. The van der Waals surface area contributed by atoms with E-state index in [1.165, 1.54) is 154 Å². The van der Waals surface area contributed by atoms with Gasteiger partial charge in [0.25, 0.3) is 0 Å². The van der Waals surface area contributed by atoms with Gasteiger partial charge in [0, 0.05) is 25.9 Å². The molecule has 0 heterocycles. The first kappa shape index (κ1) is 59.2. The summed E-state index contributed by atoms with van der Waals surface area (Å²) < 4.78 is 11.8. The van der Waals surface area contributed by atoms with E-state index in [0.717, 1.165) is 132 Å². The lowest BCUT2D eigenvalue weighted by Crippen LogP contribution is -2.51. The van der Waals surface area contributed by atoms with Crippen LogP contribution in [-0.4, -0.2) is 60.9 Å². The Hall–Kier alpha value is -1.40. The third-order valence-electron chi connectivity index (χ3n) is 18.7. The summed E-state index contributed by atoms with van der Waals surface area (Å²) in [6, 6.07) is 0. The summed E-state index contributed by atoms with van der Waals surface area (Å²) in [6.07, 6.45) is 48.8. The van der Waals surface area contributed by atoms with Crippen molar-refractivity contribution in [3.63, 3.8) is 0 Å². The fourth-order valence-corrected chi connectivity index (χ4v) is 14.4. The van der Waals surface area contributed by atoms with Crippen molar-refractivity contribution in [2.45, 2.75) is 292 Å². The van der Waals surface area contributed by atoms with E-state index in [2.05, 4.69) is 52.5 Å². The summed E-state index contributed by atoms with van der Waals surface area (Å²) in [5.41, 5.74) is 2.42. The third kappa shape index (κ3) is 21.0. The van der Waals surface area contributed by atoms with Crippen molar-refractivity contribution in [2.75, 3.05) is 32.8 Å². The number of carbonyl (C=O) groups is 2. The molecule has 0 bridgehead atoms. The standard InChI is InChI=1S/C62H113NO5/c1-7-8-9-10-11-12-13-14-15-16-17-18-19-20-23-31-49-67-59(65)35-25-21-22-27-45-63(47-29-30-48-64)46-28-24-26-36-60(66)68-54-41-43-61(5)53(50-54)37-38-55-57-40-39-56(52(4)34-32-33-51(2)3)62(57,6)44-42-58(55)61/h37,51-52,54-58,64H,7-36,38-50H2,1-6H3. The fraction of sp³-hybridized carbons (Fsp3) is 0.935. The van der Waals surface area contributed by atoms with Crippen molar-refractivity contribution in [2.24, 2.45) is 46.3 Å². The molecule has 6 heteroatoms. The number of ether oxygens (including phenoxy) is 2. The van der Waals surface area contributed by atoms with Crippen LogP contribution in [-0.2, 0) is 19.1 Å². The molecule has 0 aliphatic heterocycles. The maximum atomic E-state index is 13.1. The summed E-state index contributed by atoms with van der Waals surface area (Å²) in [5, 5.41) is 9.39. The Morgan fingerprint density at radius 2 is 1.19 bits per heavy atom. The van der Waals surface area contributed by atoms with E-state index in [0.29, 0.717) is 24.9 Å². The zero-order chi connectivity index (χ0) is 48.9. The zero-order valence-corrected chi connectivity index (χ0v) is 46.1. The quantitative estimate of drug-likeness (QED) is 0.0375. The summed E-state index contributed by atoms with van der Waals surface area (Å²) >= 11 is 0. The third-order valence-corrected chi connectivity index (χ3v) is 18.7. The SMILES string of the molecule is CCCCCCCCCCCCCCCCCCOC(=O)CCCCCCN(CCCCO)CCCCCC(=O)OC1CCC2(C)C(=CCC3C2CCC2(C)C(C(C)CCCC(C)C)CCC32)C1. The average molecular weight is 953 g/mol. The van der Waals surface area contributed by atoms with Crippen LogP contribution >= 0.6 is 0 Å². The van der Waals surface area contributed by atoms with E-state index in [4.69, 9.17) is 9.47 Å². The van der Waals surface area contributed by atoms with Crippen molar-refractivity contribution >= 4 is 11.9 Å². The predicted molar refractivity (Wildman–Crippen MR) is 288 cm³/mol. The number of carbonyl (C=O) groups excluding carboxylic acids is 2. The molecule has 3 fully saturated rings. The van der Waals surface area contributed by atoms with Crippen molar-refractivity contribution in [3.05, 3.63) is 11.6 Å². The van der Waals surface area contributed by atoms with E-state index in [-0.39, 0.29) is 30.1 Å². The molecule has 8 unspecified atom stereocenters. The van der Waals surface area contributed by atoms with Crippen LogP contribution in [0.1, 0.15) is 286 Å². The molecule has 0 spiro atoms. The molecule has 3 saturated carbocycles. The number of aliphatic hydroxyl groups is 1. The first-order valence-corrected chi connectivity index (χ1v) is 30.4. The van der Waals surface area contributed by atoms with Gasteiger partial charge in [-0.05, 0) is 156 Å². The van der Waals surface area contributed by atoms with Crippen molar-refractivity contribution in [1.82, 2.24) is 4.90 Å². The summed E-state index contributed by atoms with van der Waals surface area (Å²) in [4.78, 5) is 28.0. The molecule has 4 aliphatic rings. The van der Waals surface area contributed by atoms with E-state index in [1.807, 2.05) is 0 Å². The predicted octanol–water partition coefficient (Wildman–Crippen LogP) is 17.3. The summed E-state index contributed by atoms with van der Waals surface area (Å²) in [7, 11) is 0. The number of hydrogen-bond donors (Lipinski definition) is 1. The Bertz CT molecular complexity index is 1360. The maximum absolute atomic E-state index is 13.1. The van der Waals surface area contributed by atoms with Crippen molar-refractivity contribution in [3.8, 4) is 0 Å². The summed E-state index contributed by atoms with van der Waals surface area (Å²) in [6.45, 7) is 18.9. The van der Waals surface area contributed by atoms with Gasteiger partial charge in [-0.1, -0.05) is 188 Å². The van der Waals surface area contributed by atoms with Crippen LogP contribution in [0.25, 0.3) is 0 Å². The number of hydrogen-bond acceptors (Lipinski definition) is 6. The van der Waals surface area contributed by atoms with E-state index in [1.54, 1.807) is 5.57 Å². The average Bonchev–Trinajstić information content (AvgIpc) is 3.68. The first-order valence-electron chi connectivity index (χ1n) is 30.4. The minimum Gasteiger partial charge on any atom is -0.466 e. The number of nitrogens with zero attached hydrogens (tertiary/aromatic N) is 1. The summed E-state index contributed by atoms with van der Waals surface area (Å²) in [5.74, 6) is 5.08. The Morgan fingerprint density at radius 1 is 0.632 bits per heavy atom. The largest absolute Gasteiger partial charge is 0.466 e. The van der Waals surface area contributed by atoms with E-state index >= 15 is 0 Å². The van der Waals surface area contributed by atoms with E-state index in [9.17, 15) is 14.7 Å². The number of aliphatic hydroxyl groups excluding tert-OH is 1. The fourth-order valence-electron chi connectivity index (χ4n) is 14.4. The molecular formula is C62H113NO5. The lowest BCUT2D eigenvalue weighted by Gasteiger charge is -2.58. The second kappa shape index (κ2) is 34.1. The second-order valence-electron chi connectivity index (χ2n) is 24.4. The molecule has 8 atom stereocenters. The lowest BCUT2D eigenvalue weighted by molar-refractivity contribution is -0.151. The number of rotatable bonds is 40. The van der Waals surface area contributed by atoms with Gasteiger partial charge in [-0.2, -0.15) is 0 Å². The minimum absolute atomic E-state index is 0.00439. The molecule has 4 rings (SSSR count). The molecule has 0 aromatic carbocycles. The highest BCUT2D eigenvalue weighted by atomic mass is 16.5. The van der Waals surface area contributed by atoms with Gasteiger partial charge in [-0.3, -0.25) is 9.59 Å². The normalized spacial score (nSPS) is 26.1. The van der Waals surface area contributed by atoms with Crippen LogP contribution in [0.3, 0.4) is 0 Å². The van der Waals surface area contributed by atoms with Gasteiger partial charge in [-0.25, -0.2) is 0 Å². The molecule has 6 nitrogen and oxygen atoms in total. The monoisotopic (exact) mass is 952 g/mol. The lowest BCUT2D eigenvalue weighted by atomic mass is 9.47. The van der Waals surface area contributed by atoms with Gasteiger partial charge in [0.1, 0.15) is 6.10 Å². The molecule has 0 amide bonds. The molecule has 0 radical (unpaired) electrons. The highest BCUT2D eigenvalue weighted by Crippen LogP contribution is 2.67. The minimum atomic E-state index is -0.0249. The van der Waals surface area contributed by atoms with Crippen LogP contribution in [0.15, 0.2) is 11.6 Å². The number of esters is 2. The van der Waals surface area contributed by atoms with Gasteiger partial charge in [-0.15, -0.1) is 0 Å². The molecule has 0 aromatic heterocycles. The first-order chi connectivity index (χ1) is 33.0. The van der Waals surface area contributed by atoms with Crippen LogP contribution < -0.4 is 0 Å². The topological polar surface area (TPSA) is 76.1 Å². The van der Waals surface area contributed by atoms with Crippen LogP contribution in [0.2, 0.25) is 0 Å². The van der Waals surface area contributed by atoms with Gasteiger partial charge in [0.2, 0.25) is 0 Å². The molecule has 396 valence electrons. The zero-order valence-electron chi connectivity index (χ0n) is 46.1. The molecule has 68 heavy (non-hydrogen) atoms. The smallest absolute Gasteiger partial charge is 0.306 e. The Morgan fingerprint density at radius 3 is 1.81 bits per heavy atom. The highest BCUT2D eigenvalue weighted by molar-refractivity contribution is 5.69. The Balaban J connectivity index is 0.998. The van der Waals surface area contributed by atoms with Crippen LogP contribution in [0.4, 0.5) is 0 Å². The number of unbranched alkanes of at least 4 members (excludes halogenated alkanes) is 21. The number of fused-ring (bicyclic) bond motifs is 5. The van der Waals surface area contributed by atoms with Crippen molar-refractivity contribution in [1.29, 1.82) is 0 Å². The van der Waals surface area contributed by atoms with Crippen LogP contribution in [0, 0.1) is 46.3 Å². The molecule has 0 aromatic rings. The molecule has 4 aliphatic carbocycles. The van der Waals surface area contributed by atoms with Gasteiger partial charge >= 0.3 is 11.9 Å². The Labute approximate surface area is 421 Å². The molecular weight excluding hydrogens is 839 g/mol. The van der Waals surface area contributed by atoms with E-state index < -0.39 is 0 Å². The number of allylic oxidation sites excluding steroid dienone is 1. The van der Waals surface area contributed by atoms with Gasteiger partial charge in [0.15, 0.2) is 0 Å². The maximum Gasteiger partial charge on any atom is 0.306 e.